The van der Waals surface area contributed by atoms with Gasteiger partial charge < -0.3 is 15.4 Å². The summed E-state index contributed by atoms with van der Waals surface area (Å²) in [7, 11) is 0. The Balaban J connectivity index is 1.63. The van der Waals surface area contributed by atoms with E-state index in [-0.39, 0.29) is 18.2 Å². The van der Waals surface area contributed by atoms with Gasteiger partial charge in [0, 0.05) is 0 Å². The number of hydrogen-bond acceptors (Lipinski definition) is 3. The van der Waals surface area contributed by atoms with E-state index in [1.807, 2.05) is 61.5 Å². The van der Waals surface area contributed by atoms with Gasteiger partial charge in [-0.25, -0.2) is 0 Å². The van der Waals surface area contributed by atoms with Crippen LogP contribution in [0.5, 0.6) is 5.75 Å². The zero-order valence-corrected chi connectivity index (χ0v) is 16.1. The Kier molecular flexibility index (Phi) is 6.27. The molecule has 3 rings (SSSR count). The van der Waals surface area contributed by atoms with Crippen molar-refractivity contribution in [3.63, 3.8) is 0 Å². The van der Waals surface area contributed by atoms with E-state index in [1.165, 1.54) is 0 Å². The SMILES string of the molecule is CCOc1ccccc1NC(=O)[C@@H](C)NC(=O)Cc1cccc2ccccc12. The van der Waals surface area contributed by atoms with Crippen molar-refractivity contribution >= 4 is 28.3 Å². The van der Waals surface area contributed by atoms with Crippen LogP contribution in [0.1, 0.15) is 19.4 Å². The molecule has 5 heteroatoms. The number of hydrogen-bond donors (Lipinski definition) is 2. The fraction of sp³-hybridized carbons (Fsp3) is 0.217. The Morgan fingerprint density at radius 2 is 1.68 bits per heavy atom. The third-order valence-corrected chi connectivity index (χ3v) is 4.45. The van der Waals surface area contributed by atoms with Crippen molar-refractivity contribution in [2.45, 2.75) is 26.3 Å². The van der Waals surface area contributed by atoms with Gasteiger partial charge in [-0.15, -0.1) is 0 Å². The maximum atomic E-state index is 12.5. The lowest BCUT2D eigenvalue weighted by Gasteiger charge is -2.16. The van der Waals surface area contributed by atoms with Gasteiger partial charge in [-0.1, -0.05) is 54.6 Å². The number of nitrogens with one attached hydrogen (secondary N) is 2. The molecular weight excluding hydrogens is 352 g/mol. The minimum absolute atomic E-state index is 0.197. The first-order chi connectivity index (χ1) is 13.6. The van der Waals surface area contributed by atoms with Gasteiger partial charge in [-0.05, 0) is 42.3 Å². The molecule has 28 heavy (non-hydrogen) atoms. The summed E-state index contributed by atoms with van der Waals surface area (Å²) in [6, 6.07) is 20.4. The van der Waals surface area contributed by atoms with E-state index in [9.17, 15) is 9.59 Å². The molecule has 0 spiro atoms. The summed E-state index contributed by atoms with van der Waals surface area (Å²) in [5, 5.41) is 7.72. The predicted molar refractivity (Wildman–Crippen MR) is 111 cm³/mol. The normalized spacial score (nSPS) is 11.6. The van der Waals surface area contributed by atoms with Crippen molar-refractivity contribution in [2.24, 2.45) is 0 Å². The van der Waals surface area contributed by atoms with Gasteiger partial charge in [0.1, 0.15) is 11.8 Å². The van der Waals surface area contributed by atoms with Crippen LogP contribution >= 0.6 is 0 Å². The molecule has 0 aliphatic heterocycles. The number of fused-ring (bicyclic) bond motifs is 1. The highest BCUT2D eigenvalue weighted by Crippen LogP contribution is 2.24. The Morgan fingerprint density at radius 3 is 2.50 bits per heavy atom. The second-order valence-corrected chi connectivity index (χ2v) is 6.52. The zero-order valence-electron chi connectivity index (χ0n) is 16.1. The maximum absolute atomic E-state index is 12.5. The average molecular weight is 376 g/mol. The topological polar surface area (TPSA) is 67.4 Å². The van der Waals surface area contributed by atoms with Crippen molar-refractivity contribution in [3.8, 4) is 5.75 Å². The monoisotopic (exact) mass is 376 g/mol. The molecule has 0 aliphatic carbocycles. The Bertz CT molecular complexity index is 979. The predicted octanol–water partition coefficient (Wildman–Crippen LogP) is 3.92. The van der Waals surface area contributed by atoms with E-state index in [4.69, 9.17) is 4.74 Å². The molecule has 0 bridgehead atoms. The summed E-state index contributed by atoms with van der Waals surface area (Å²) in [5.41, 5.74) is 1.52. The quantitative estimate of drug-likeness (QED) is 0.657. The van der Waals surface area contributed by atoms with E-state index in [2.05, 4.69) is 10.6 Å². The smallest absolute Gasteiger partial charge is 0.246 e. The Labute approximate surface area is 164 Å². The largest absolute Gasteiger partial charge is 0.492 e. The van der Waals surface area contributed by atoms with E-state index in [0.717, 1.165) is 16.3 Å². The van der Waals surface area contributed by atoms with Crippen LogP contribution in [-0.4, -0.2) is 24.5 Å². The molecule has 3 aromatic rings. The molecule has 0 saturated carbocycles. The third kappa shape index (κ3) is 4.68. The van der Waals surface area contributed by atoms with Crippen LogP contribution in [0.15, 0.2) is 66.7 Å². The molecule has 1 atom stereocenters. The first-order valence-corrected chi connectivity index (χ1v) is 9.37. The molecule has 0 fully saturated rings. The second-order valence-electron chi connectivity index (χ2n) is 6.52. The van der Waals surface area contributed by atoms with Crippen molar-refractivity contribution in [1.82, 2.24) is 5.32 Å². The number of rotatable bonds is 7. The third-order valence-electron chi connectivity index (χ3n) is 4.45. The highest BCUT2D eigenvalue weighted by molar-refractivity contribution is 5.98. The molecule has 2 N–H and O–H groups in total. The lowest BCUT2D eigenvalue weighted by Crippen LogP contribution is -2.42. The van der Waals surface area contributed by atoms with Gasteiger partial charge in [-0.2, -0.15) is 0 Å². The average Bonchev–Trinajstić information content (AvgIpc) is 2.70. The van der Waals surface area contributed by atoms with Crippen LogP contribution in [0, 0.1) is 0 Å². The van der Waals surface area contributed by atoms with Crippen molar-refractivity contribution in [1.29, 1.82) is 0 Å². The first kappa shape index (κ1) is 19.4. The summed E-state index contributed by atoms with van der Waals surface area (Å²) in [6.45, 7) is 4.05. The van der Waals surface area contributed by atoms with Crippen molar-refractivity contribution < 1.29 is 14.3 Å². The van der Waals surface area contributed by atoms with Crippen LogP contribution in [-0.2, 0) is 16.0 Å². The van der Waals surface area contributed by atoms with Gasteiger partial charge in [0.15, 0.2) is 0 Å². The fourth-order valence-electron chi connectivity index (χ4n) is 3.07. The molecule has 0 aromatic heterocycles. The molecule has 0 saturated heterocycles. The number of benzene rings is 3. The first-order valence-electron chi connectivity index (χ1n) is 9.37. The standard InChI is InChI=1S/C23H24N2O3/c1-3-28-21-14-7-6-13-20(21)25-23(27)16(2)24-22(26)15-18-11-8-10-17-9-4-5-12-19(17)18/h4-14,16H,3,15H2,1-2H3,(H,24,26)(H,25,27)/t16-/m1/s1. The molecule has 0 radical (unpaired) electrons. The van der Waals surface area contributed by atoms with Gasteiger partial charge >= 0.3 is 0 Å². The van der Waals surface area contributed by atoms with Gasteiger partial charge in [0.05, 0.1) is 18.7 Å². The van der Waals surface area contributed by atoms with Crippen molar-refractivity contribution in [2.75, 3.05) is 11.9 Å². The fourth-order valence-corrected chi connectivity index (χ4v) is 3.07. The summed E-state index contributed by atoms with van der Waals surface area (Å²) >= 11 is 0. The minimum atomic E-state index is -0.669. The summed E-state index contributed by atoms with van der Waals surface area (Å²) in [5.74, 6) is 0.114. The second kappa shape index (κ2) is 9.04. The van der Waals surface area contributed by atoms with Gasteiger partial charge in [0.2, 0.25) is 11.8 Å². The van der Waals surface area contributed by atoms with Crippen LogP contribution in [0.2, 0.25) is 0 Å². The molecule has 3 aromatic carbocycles. The number of carbonyl (C=O) groups is 2. The Morgan fingerprint density at radius 1 is 0.964 bits per heavy atom. The number of carbonyl (C=O) groups excluding carboxylic acids is 2. The summed E-state index contributed by atoms with van der Waals surface area (Å²) in [4.78, 5) is 25.0. The highest BCUT2D eigenvalue weighted by atomic mass is 16.5. The molecule has 0 heterocycles. The van der Waals surface area contributed by atoms with Gasteiger partial charge in [-0.3, -0.25) is 9.59 Å². The lowest BCUT2D eigenvalue weighted by molar-refractivity contribution is -0.125. The Hall–Kier alpha value is -3.34. The number of ether oxygens (including phenoxy) is 1. The molecule has 0 aliphatic rings. The number of amides is 2. The molecule has 144 valence electrons. The number of para-hydroxylation sites is 2. The van der Waals surface area contributed by atoms with E-state index in [0.29, 0.717) is 18.0 Å². The maximum Gasteiger partial charge on any atom is 0.246 e. The van der Waals surface area contributed by atoms with Crippen LogP contribution in [0.25, 0.3) is 10.8 Å². The molecular formula is C23H24N2O3. The lowest BCUT2D eigenvalue weighted by atomic mass is 10.0. The van der Waals surface area contributed by atoms with E-state index in [1.54, 1.807) is 19.1 Å². The van der Waals surface area contributed by atoms with Crippen LogP contribution < -0.4 is 15.4 Å². The number of anilines is 1. The highest BCUT2D eigenvalue weighted by Gasteiger charge is 2.18. The van der Waals surface area contributed by atoms with Crippen molar-refractivity contribution in [3.05, 3.63) is 72.3 Å². The molecule has 2 amide bonds. The molecule has 5 nitrogen and oxygen atoms in total. The van der Waals surface area contributed by atoms with Crippen LogP contribution in [0.4, 0.5) is 5.69 Å². The molecule has 0 unspecified atom stereocenters. The van der Waals surface area contributed by atoms with E-state index >= 15 is 0 Å². The van der Waals surface area contributed by atoms with E-state index < -0.39 is 6.04 Å². The van der Waals surface area contributed by atoms with Gasteiger partial charge in [0.25, 0.3) is 0 Å². The summed E-state index contributed by atoms with van der Waals surface area (Å²) in [6.07, 6.45) is 0.217. The summed E-state index contributed by atoms with van der Waals surface area (Å²) < 4.78 is 5.52. The van der Waals surface area contributed by atoms with Crippen LogP contribution in [0.3, 0.4) is 0 Å². The zero-order chi connectivity index (χ0) is 19.9. The minimum Gasteiger partial charge on any atom is -0.492 e.